The van der Waals surface area contributed by atoms with Crippen LogP contribution < -0.4 is 5.32 Å². The van der Waals surface area contributed by atoms with Crippen LogP contribution >= 0.6 is 0 Å². The molecule has 0 fully saturated rings. The van der Waals surface area contributed by atoms with Crippen molar-refractivity contribution in [2.24, 2.45) is 0 Å². The molecule has 0 aliphatic carbocycles. The second-order valence-corrected chi connectivity index (χ2v) is 4.96. The normalized spacial score (nSPS) is 12.4. The molecule has 2 rings (SSSR count). The minimum Gasteiger partial charge on any atom is -0.367 e. The van der Waals surface area contributed by atoms with Gasteiger partial charge in [0.1, 0.15) is 11.6 Å². The van der Waals surface area contributed by atoms with Crippen molar-refractivity contribution in [1.29, 1.82) is 0 Å². The smallest absolute Gasteiger partial charge is 0.130 e. The molecule has 2 aromatic rings. The number of H-pyrrole nitrogens is 1. The van der Waals surface area contributed by atoms with Gasteiger partial charge in [0.15, 0.2) is 0 Å². The van der Waals surface area contributed by atoms with Crippen LogP contribution in [0.2, 0.25) is 0 Å². The highest BCUT2D eigenvalue weighted by molar-refractivity contribution is 5.37. The van der Waals surface area contributed by atoms with Gasteiger partial charge < -0.3 is 5.32 Å². The lowest BCUT2D eigenvalue weighted by atomic mass is 10.2. The van der Waals surface area contributed by atoms with Crippen LogP contribution in [0, 0.1) is 13.8 Å². The first-order chi connectivity index (χ1) is 9.06. The molecule has 0 aliphatic rings. The van der Waals surface area contributed by atoms with E-state index >= 15 is 0 Å². The van der Waals surface area contributed by atoms with Gasteiger partial charge in [-0.25, -0.2) is 9.97 Å². The zero-order valence-electron chi connectivity index (χ0n) is 12.0. The second-order valence-electron chi connectivity index (χ2n) is 4.96. The van der Waals surface area contributed by atoms with E-state index < -0.39 is 0 Å². The van der Waals surface area contributed by atoms with Crippen LogP contribution in [0.1, 0.15) is 36.8 Å². The maximum atomic E-state index is 4.49. The van der Waals surface area contributed by atoms with Gasteiger partial charge >= 0.3 is 0 Å². The van der Waals surface area contributed by atoms with Crippen molar-refractivity contribution in [2.45, 2.75) is 46.6 Å². The first-order valence-corrected chi connectivity index (χ1v) is 6.68. The summed E-state index contributed by atoms with van der Waals surface area (Å²) in [6.45, 7) is 8.20. The third-order valence-electron chi connectivity index (χ3n) is 2.89. The number of hydrogen-bond acceptors (Lipinski definition) is 4. The molecule has 0 spiro atoms. The van der Waals surface area contributed by atoms with E-state index in [0.717, 1.165) is 41.6 Å². The van der Waals surface area contributed by atoms with Crippen molar-refractivity contribution in [3.63, 3.8) is 0 Å². The number of rotatable bonds is 5. The molecule has 5 heteroatoms. The van der Waals surface area contributed by atoms with E-state index in [9.17, 15) is 0 Å². The van der Waals surface area contributed by atoms with E-state index in [1.165, 1.54) is 0 Å². The summed E-state index contributed by atoms with van der Waals surface area (Å²) in [5.41, 5.74) is 3.16. The molecule has 0 bridgehead atoms. The first-order valence-electron chi connectivity index (χ1n) is 6.68. The summed E-state index contributed by atoms with van der Waals surface area (Å²) < 4.78 is 0. The highest BCUT2D eigenvalue weighted by Crippen LogP contribution is 2.10. The molecule has 19 heavy (non-hydrogen) atoms. The second kappa shape index (κ2) is 5.82. The van der Waals surface area contributed by atoms with E-state index in [0.29, 0.717) is 0 Å². The van der Waals surface area contributed by atoms with E-state index in [1.54, 1.807) is 0 Å². The molecule has 0 aliphatic heterocycles. The fourth-order valence-corrected chi connectivity index (χ4v) is 2.06. The van der Waals surface area contributed by atoms with Gasteiger partial charge in [-0.2, -0.15) is 5.10 Å². The van der Waals surface area contributed by atoms with Crippen LogP contribution in [-0.2, 0) is 12.8 Å². The number of nitrogens with zero attached hydrogens (tertiary/aromatic N) is 3. The minimum atomic E-state index is 0.279. The summed E-state index contributed by atoms with van der Waals surface area (Å²) in [7, 11) is 0. The van der Waals surface area contributed by atoms with Crippen LogP contribution in [0.4, 0.5) is 5.82 Å². The lowest BCUT2D eigenvalue weighted by Crippen LogP contribution is -2.19. The van der Waals surface area contributed by atoms with Gasteiger partial charge in [-0.15, -0.1) is 0 Å². The zero-order chi connectivity index (χ0) is 13.8. The highest BCUT2D eigenvalue weighted by atomic mass is 15.1. The molecule has 0 radical (unpaired) electrons. The SMILES string of the molecule is CCc1nc(C)cc(N[C@H](C)Cc2cc(C)[nH]n2)n1. The fraction of sp³-hybridized carbons (Fsp3) is 0.500. The quantitative estimate of drug-likeness (QED) is 0.865. The summed E-state index contributed by atoms with van der Waals surface area (Å²) >= 11 is 0. The average Bonchev–Trinajstić information content (AvgIpc) is 2.73. The predicted molar refractivity (Wildman–Crippen MR) is 76.3 cm³/mol. The van der Waals surface area contributed by atoms with Crippen molar-refractivity contribution in [3.05, 3.63) is 35.0 Å². The molecule has 2 N–H and O–H groups in total. The van der Waals surface area contributed by atoms with Gasteiger partial charge in [-0.1, -0.05) is 6.92 Å². The van der Waals surface area contributed by atoms with Crippen molar-refractivity contribution < 1.29 is 0 Å². The fourth-order valence-electron chi connectivity index (χ4n) is 2.06. The Kier molecular flexibility index (Phi) is 4.14. The molecular weight excluding hydrogens is 238 g/mol. The van der Waals surface area contributed by atoms with Gasteiger partial charge in [0.25, 0.3) is 0 Å². The maximum absolute atomic E-state index is 4.49. The molecular formula is C14H21N5. The summed E-state index contributed by atoms with van der Waals surface area (Å²) in [4.78, 5) is 8.87. The monoisotopic (exact) mass is 259 g/mol. The molecule has 1 atom stereocenters. The van der Waals surface area contributed by atoms with Crippen LogP contribution in [0.3, 0.4) is 0 Å². The Labute approximate surface area is 113 Å². The van der Waals surface area contributed by atoms with Gasteiger partial charge in [-0.05, 0) is 26.8 Å². The molecule has 5 nitrogen and oxygen atoms in total. The molecule has 0 amide bonds. The third-order valence-corrected chi connectivity index (χ3v) is 2.89. The topological polar surface area (TPSA) is 66.5 Å². The summed E-state index contributed by atoms with van der Waals surface area (Å²) in [6.07, 6.45) is 1.72. The van der Waals surface area contributed by atoms with Gasteiger partial charge in [0.05, 0.1) is 5.69 Å². The minimum absolute atomic E-state index is 0.279. The Hall–Kier alpha value is -1.91. The Balaban J connectivity index is 2.02. The maximum Gasteiger partial charge on any atom is 0.130 e. The van der Waals surface area contributed by atoms with Crippen molar-refractivity contribution in [2.75, 3.05) is 5.32 Å². The molecule has 0 saturated heterocycles. The number of hydrogen-bond donors (Lipinski definition) is 2. The Morgan fingerprint density at radius 3 is 2.68 bits per heavy atom. The van der Waals surface area contributed by atoms with Gasteiger partial charge in [-0.3, -0.25) is 5.10 Å². The zero-order valence-corrected chi connectivity index (χ0v) is 12.0. The first kappa shape index (κ1) is 13.5. The summed E-state index contributed by atoms with van der Waals surface area (Å²) in [5.74, 6) is 1.77. The Morgan fingerprint density at radius 2 is 2.05 bits per heavy atom. The summed E-state index contributed by atoms with van der Waals surface area (Å²) in [5, 5.41) is 10.6. The predicted octanol–water partition coefficient (Wildman–Crippen LogP) is 2.42. The summed E-state index contributed by atoms with van der Waals surface area (Å²) in [6, 6.07) is 4.33. The lowest BCUT2D eigenvalue weighted by molar-refractivity contribution is 0.755. The number of anilines is 1. The van der Waals surface area contributed by atoms with Gasteiger partial charge in [0.2, 0.25) is 0 Å². The molecule has 2 aromatic heterocycles. The highest BCUT2D eigenvalue weighted by Gasteiger charge is 2.08. The molecule has 0 unspecified atom stereocenters. The Bertz CT molecular complexity index is 547. The van der Waals surface area contributed by atoms with Crippen molar-refractivity contribution >= 4 is 5.82 Å². The van der Waals surface area contributed by atoms with E-state index in [-0.39, 0.29) is 6.04 Å². The number of nitrogens with one attached hydrogen (secondary N) is 2. The van der Waals surface area contributed by atoms with Crippen LogP contribution in [-0.4, -0.2) is 26.2 Å². The van der Waals surface area contributed by atoms with Crippen molar-refractivity contribution in [1.82, 2.24) is 20.2 Å². The third kappa shape index (κ3) is 3.77. The van der Waals surface area contributed by atoms with Crippen molar-refractivity contribution in [3.8, 4) is 0 Å². The van der Waals surface area contributed by atoms with E-state index in [4.69, 9.17) is 0 Å². The molecule has 102 valence electrons. The molecule has 2 heterocycles. The lowest BCUT2D eigenvalue weighted by Gasteiger charge is -2.14. The van der Waals surface area contributed by atoms with E-state index in [2.05, 4.69) is 45.4 Å². The standard InChI is InChI=1S/C14H21N5/c1-5-13-15-10(3)8-14(17-13)16-9(2)6-12-7-11(4)18-19-12/h7-9H,5-6H2,1-4H3,(H,18,19)(H,15,16,17)/t9-/m1/s1. The van der Waals surface area contributed by atoms with E-state index in [1.807, 2.05) is 19.9 Å². The average molecular weight is 259 g/mol. The van der Waals surface area contributed by atoms with Crippen LogP contribution in [0.15, 0.2) is 12.1 Å². The number of aryl methyl sites for hydroxylation is 3. The number of aromatic amines is 1. The largest absolute Gasteiger partial charge is 0.367 e. The molecule has 0 aromatic carbocycles. The van der Waals surface area contributed by atoms with Crippen LogP contribution in [0.25, 0.3) is 0 Å². The van der Waals surface area contributed by atoms with Crippen LogP contribution in [0.5, 0.6) is 0 Å². The van der Waals surface area contributed by atoms with Gasteiger partial charge in [0, 0.05) is 36.3 Å². The number of aromatic nitrogens is 4. The Morgan fingerprint density at radius 1 is 1.26 bits per heavy atom. The molecule has 0 saturated carbocycles.